The summed E-state index contributed by atoms with van der Waals surface area (Å²) in [5, 5.41) is 13.8. The zero-order valence-electron chi connectivity index (χ0n) is 25.0. The van der Waals surface area contributed by atoms with Gasteiger partial charge in [0.1, 0.15) is 5.56 Å². The van der Waals surface area contributed by atoms with Crippen LogP contribution in [0, 0.1) is 6.92 Å². The summed E-state index contributed by atoms with van der Waals surface area (Å²) in [6, 6.07) is 14.8. The van der Waals surface area contributed by atoms with E-state index in [1.54, 1.807) is 13.2 Å². The number of aryl methyl sites for hydroxylation is 2. The Bertz CT molecular complexity index is 1890. The second kappa shape index (κ2) is 12.6. The number of carbonyl (C=O) groups is 2. The van der Waals surface area contributed by atoms with Crippen molar-refractivity contribution in [3.63, 3.8) is 0 Å². The molecular weight excluding hydrogens is 615 g/mol. The summed E-state index contributed by atoms with van der Waals surface area (Å²) in [7, 11) is 3.06. The average Bonchev–Trinajstić information content (AvgIpc) is 3.64. The van der Waals surface area contributed by atoms with E-state index in [0.717, 1.165) is 57.3 Å². The van der Waals surface area contributed by atoms with Gasteiger partial charge in [-0.3, -0.25) is 14.4 Å². The minimum Gasteiger partial charge on any atom is -0.481 e. The molecule has 3 heterocycles. The van der Waals surface area contributed by atoms with Gasteiger partial charge in [-0.25, -0.2) is 9.67 Å². The summed E-state index contributed by atoms with van der Waals surface area (Å²) in [4.78, 5) is 42.1. The summed E-state index contributed by atoms with van der Waals surface area (Å²) in [5.41, 5.74) is 5.87. The Balaban J connectivity index is 1.29. The topological polar surface area (TPSA) is 127 Å². The van der Waals surface area contributed by atoms with Crippen LogP contribution in [0.3, 0.4) is 0 Å². The van der Waals surface area contributed by atoms with Gasteiger partial charge in [-0.2, -0.15) is 5.10 Å². The lowest BCUT2D eigenvalue weighted by Crippen LogP contribution is -2.36. The van der Waals surface area contributed by atoms with E-state index >= 15 is 0 Å². The smallest absolute Gasteiger partial charge is 0.279 e. The van der Waals surface area contributed by atoms with Crippen LogP contribution >= 0.6 is 23.2 Å². The Morgan fingerprint density at radius 3 is 2.58 bits per heavy atom. The van der Waals surface area contributed by atoms with Crippen LogP contribution in [0.25, 0.3) is 22.4 Å². The fraction of sp³-hybridized carbons (Fsp3) is 0.303. The highest BCUT2D eigenvalue weighted by molar-refractivity contribution is 6.36. The largest absolute Gasteiger partial charge is 0.481 e. The summed E-state index contributed by atoms with van der Waals surface area (Å²) in [6.45, 7) is 2.58. The van der Waals surface area contributed by atoms with Crippen LogP contribution < -0.4 is 26.2 Å². The lowest BCUT2D eigenvalue weighted by molar-refractivity contribution is -0.119. The molecule has 10 nitrogen and oxygen atoms in total. The van der Waals surface area contributed by atoms with Crippen LogP contribution in [-0.4, -0.2) is 46.3 Å². The van der Waals surface area contributed by atoms with E-state index in [9.17, 15) is 14.4 Å². The number of hydrogen-bond donors (Lipinski definition) is 3. The first-order chi connectivity index (χ1) is 21.6. The van der Waals surface area contributed by atoms with Gasteiger partial charge in [0, 0.05) is 54.5 Å². The van der Waals surface area contributed by atoms with Crippen molar-refractivity contribution < 1.29 is 14.3 Å². The number of carbonyl (C=O) groups excluding carboxylic acids is 2. The van der Waals surface area contributed by atoms with Crippen LogP contribution in [0.4, 0.5) is 5.69 Å². The number of fused-ring (bicyclic) bond motifs is 1. The van der Waals surface area contributed by atoms with Crippen LogP contribution in [0.2, 0.25) is 10.2 Å². The maximum absolute atomic E-state index is 13.1. The van der Waals surface area contributed by atoms with Gasteiger partial charge in [0.25, 0.3) is 11.5 Å². The van der Waals surface area contributed by atoms with Gasteiger partial charge in [0.05, 0.1) is 17.8 Å². The predicted molar refractivity (Wildman–Crippen MR) is 174 cm³/mol. The monoisotopic (exact) mass is 646 g/mol. The molecule has 3 N–H and O–H groups in total. The van der Waals surface area contributed by atoms with Crippen LogP contribution in [0.5, 0.6) is 5.88 Å². The van der Waals surface area contributed by atoms with E-state index in [2.05, 4.69) is 27.1 Å². The third-order valence-corrected chi connectivity index (χ3v) is 9.07. The number of nitrogens with zero attached hydrogens (tertiary/aromatic N) is 3. The average molecular weight is 648 g/mol. The molecule has 0 radical (unpaired) electrons. The fourth-order valence-electron chi connectivity index (χ4n) is 6.14. The van der Waals surface area contributed by atoms with Gasteiger partial charge in [-0.15, -0.1) is 0 Å². The molecule has 0 bridgehead atoms. The van der Waals surface area contributed by atoms with E-state index in [-0.39, 0.29) is 28.7 Å². The van der Waals surface area contributed by atoms with Crippen molar-refractivity contribution in [3.05, 3.63) is 91.3 Å². The molecule has 2 aliphatic rings. The number of ether oxygens (including phenoxy) is 1. The molecule has 2 atom stereocenters. The molecule has 0 spiro atoms. The minimum atomic E-state index is -0.588. The zero-order valence-corrected chi connectivity index (χ0v) is 26.6. The first-order valence-corrected chi connectivity index (χ1v) is 15.4. The van der Waals surface area contributed by atoms with Crippen molar-refractivity contribution in [2.24, 2.45) is 7.05 Å². The molecular formula is C33H32Cl2N6O4. The van der Waals surface area contributed by atoms with Crippen molar-refractivity contribution >= 4 is 40.7 Å². The molecule has 0 saturated carbocycles. The van der Waals surface area contributed by atoms with E-state index in [1.165, 1.54) is 13.1 Å². The number of halogens is 2. The van der Waals surface area contributed by atoms with Crippen LogP contribution in [0.1, 0.15) is 52.4 Å². The van der Waals surface area contributed by atoms with Crippen LogP contribution in [0.15, 0.2) is 53.3 Å². The van der Waals surface area contributed by atoms with Crippen LogP contribution in [-0.2, 0) is 18.3 Å². The maximum atomic E-state index is 13.1. The molecule has 12 heteroatoms. The molecule has 2 aromatic carbocycles. The third-order valence-electron chi connectivity index (χ3n) is 8.47. The number of amides is 2. The molecule has 2 aromatic heterocycles. The van der Waals surface area contributed by atoms with Crippen molar-refractivity contribution in [2.75, 3.05) is 19.0 Å². The van der Waals surface area contributed by atoms with E-state index < -0.39 is 11.5 Å². The Hall–Kier alpha value is -4.25. The summed E-state index contributed by atoms with van der Waals surface area (Å²) in [5.74, 6) is 0.0681. The van der Waals surface area contributed by atoms with Gasteiger partial charge in [-0.05, 0) is 61.1 Å². The molecule has 1 aliphatic carbocycles. The SMILES string of the molecule is COc1nc(-c2cccc(-c3cccc(NC(=O)c4cc(Cl)nn(C)c4=O)c3C)c2Cl)cc2c1C(NCC1CCC(=O)N1)CC2. The molecule has 4 aromatic rings. The molecule has 1 aliphatic heterocycles. The maximum Gasteiger partial charge on any atom is 0.279 e. The zero-order chi connectivity index (χ0) is 31.8. The summed E-state index contributed by atoms with van der Waals surface area (Å²) >= 11 is 13.1. The highest BCUT2D eigenvalue weighted by Gasteiger charge is 2.30. The number of methoxy groups -OCH3 is 1. The first-order valence-electron chi connectivity index (χ1n) is 14.7. The van der Waals surface area contributed by atoms with E-state index in [4.69, 9.17) is 32.9 Å². The Labute approximate surface area is 270 Å². The molecule has 6 rings (SSSR count). The molecule has 45 heavy (non-hydrogen) atoms. The lowest BCUT2D eigenvalue weighted by Gasteiger charge is -2.20. The second-order valence-corrected chi connectivity index (χ2v) is 12.1. The van der Waals surface area contributed by atoms with Crippen molar-refractivity contribution in [2.45, 2.75) is 44.7 Å². The summed E-state index contributed by atoms with van der Waals surface area (Å²) < 4.78 is 6.81. The Kier molecular flexibility index (Phi) is 8.63. The molecule has 232 valence electrons. The van der Waals surface area contributed by atoms with Gasteiger partial charge in [0.2, 0.25) is 11.8 Å². The lowest BCUT2D eigenvalue weighted by atomic mass is 9.96. The highest BCUT2D eigenvalue weighted by Crippen LogP contribution is 2.43. The standard InChI is InChI=1S/C33H32Cl2N6O4/c1-17-20(6-5-9-24(17)38-31(43)23-15-27(34)40-41(2)33(23)44)21-7-4-8-22(30(21)35)26-14-18-10-12-25(29(18)32(39-26)45-3)36-16-19-11-13-28(42)37-19/h4-9,14-15,19,25,36H,10-13,16H2,1-3H3,(H,37,42)(H,38,43). The molecule has 1 fully saturated rings. The van der Waals surface area contributed by atoms with E-state index in [0.29, 0.717) is 35.2 Å². The third kappa shape index (κ3) is 6.05. The molecule has 2 unspecified atom stereocenters. The number of pyridine rings is 1. The second-order valence-electron chi connectivity index (χ2n) is 11.3. The van der Waals surface area contributed by atoms with Crippen molar-refractivity contribution in [3.8, 4) is 28.3 Å². The minimum absolute atomic E-state index is 0.0407. The van der Waals surface area contributed by atoms with Gasteiger partial charge >= 0.3 is 0 Å². The normalized spacial score (nSPS) is 17.2. The number of anilines is 1. The highest BCUT2D eigenvalue weighted by atomic mass is 35.5. The van der Waals surface area contributed by atoms with Gasteiger partial charge in [-0.1, -0.05) is 53.5 Å². The molecule has 2 amide bonds. The van der Waals surface area contributed by atoms with Gasteiger partial charge < -0.3 is 20.7 Å². The molecule has 1 saturated heterocycles. The van der Waals surface area contributed by atoms with E-state index in [1.807, 2.05) is 37.3 Å². The predicted octanol–water partition coefficient (Wildman–Crippen LogP) is 5.24. The number of benzene rings is 2. The number of aromatic nitrogens is 3. The van der Waals surface area contributed by atoms with Gasteiger partial charge in [0.15, 0.2) is 5.15 Å². The number of rotatable bonds is 8. The number of nitrogens with one attached hydrogen (secondary N) is 3. The Morgan fingerprint density at radius 1 is 1.07 bits per heavy atom. The quantitative estimate of drug-likeness (QED) is 0.239. The number of hydrogen-bond acceptors (Lipinski definition) is 7. The summed E-state index contributed by atoms with van der Waals surface area (Å²) in [6.07, 6.45) is 3.17. The fourth-order valence-corrected chi connectivity index (χ4v) is 6.69. The Morgan fingerprint density at radius 2 is 1.82 bits per heavy atom. The first kappa shape index (κ1) is 30.8. The van der Waals surface area contributed by atoms with Crippen molar-refractivity contribution in [1.82, 2.24) is 25.4 Å². The van der Waals surface area contributed by atoms with Crippen molar-refractivity contribution in [1.29, 1.82) is 0 Å².